The highest BCUT2D eigenvalue weighted by molar-refractivity contribution is 7.92. The molecule has 2 aromatic rings. The number of ether oxygens (including phenoxy) is 1. The molecule has 2 aliphatic rings. The topological polar surface area (TPSA) is 55.4 Å². The summed E-state index contributed by atoms with van der Waals surface area (Å²) < 4.78 is 46.5. The van der Waals surface area contributed by atoms with Crippen molar-refractivity contribution >= 4 is 15.7 Å². The molecular weight excluding hydrogens is 317 g/mol. The summed E-state index contributed by atoms with van der Waals surface area (Å²) in [6.45, 7) is 2.87. The molecule has 2 aromatic carbocycles. The van der Waals surface area contributed by atoms with Gasteiger partial charge in [0, 0.05) is 12.0 Å². The van der Waals surface area contributed by atoms with E-state index in [2.05, 4.69) is 11.6 Å². The van der Waals surface area contributed by atoms with E-state index in [1.54, 1.807) is 12.1 Å². The van der Waals surface area contributed by atoms with Crippen LogP contribution in [0.1, 0.15) is 18.4 Å². The van der Waals surface area contributed by atoms with Crippen LogP contribution in [0.4, 0.5) is 10.1 Å². The molecule has 6 heteroatoms. The molecule has 1 N–H and O–H groups in total. The average Bonchev–Trinajstić information content (AvgIpc) is 3.18. The fourth-order valence-corrected chi connectivity index (χ4v) is 4.50. The number of anilines is 1. The van der Waals surface area contributed by atoms with Crippen LogP contribution in [0.3, 0.4) is 0 Å². The molecule has 1 aliphatic carbocycles. The number of benzene rings is 2. The van der Waals surface area contributed by atoms with Gasteiger partial charge in [-0.3, -0.25) is 4.72 Å². The minimum Gasteiger partial charge on any atom is -0.493 e. The van der Waals surface area contributed by atoms with Gasteiger partial charge in [0.05, 0.1) is 12.3 Å². The van der Waals surface area contributed by atoms with Crippen LogP contribution in [0.25, 0.3) is 0 Å². The summed E-state index contributed by atoms with van der Waals surface area (Å²) in [5.74, 6) is 1.63. The Hall–Kier alpha value is -2.08. The molecular formula is C17H16FNO3S. The normalized spacial score (nSPS) is 25.0. The van der Waals surface area contributed by atoms with Gasteiger partial charge in [-0.15, -0.1) is 0 Å². The molecule has 23 heavy (non-hydrogen) atoms. The first-order valence-electron chi connectivity index (χ1n) is 7.51. The zero-order valence-electron chi connectivity index (χ0n) is 12.5. The monoisotopic (exact) mass is 333 g/mol. The van der Waals surface area contributed by atoms with Crippen molar-refractivity contribution in [2.24, 2.45) is 11.8 Å². The highest BCUT2D eigenvalue weighted by Crippen LogP contribution is 2.58. The van der Waals surface area contributed by atoms with Crippen LogP contribution in [0.2, 0.25) is 0 Å². The molecule has 3 unspecified atom stereocenters. The Morgan fingerprint density at radius 3 is 2.78 bits per heavy atom. The van der Waals surface area contributed by atoms with Crippen molar-refractivity contribution < 1.29 is 17.5 Å². The largest absolute Gasteiger partial charge is 0.493 e. The lowest BCUT2D eigenvalue weighted by atomic mass is 10.1. The Kier molecular flexibility index (Phi) is 3.13. The molecule has 0 amide bonds. The van der Waals surface area contributed by atoms with E-state index in [1.165, 1.54) is 18.2 Å². The van der Waals surface area contributed by atoms with Gasteiger partial charge < -0.3 is 4.74 Å². The number of sulfonamides is 1. The predicted molar refractivity (Wildman–Crippen MR) is 84.5 cm³/mol. The van der Waals surface area contributed by atoms with E-state index >= 15 is 0 Å². The molecule has 1 saturated carbocycles. The van der Waals surface area contributed by atoms with E-state index in [0.717, 1.165) is 11.6 Å². The minimum atomic E-state index is -3.96. The van der Waals surface area contributed by atoms with Gasteiger partial charge in [-0.1, -0.05) is 25.1 Å². The van der Waals surface area contributed by atoms with Gasteiger partial charge in [0.2, 0.25) is 0 Å². The minimum absolute atomic E-state index is 0.366. The number of rotatable bonds is 3. The first kappa shape index (κ1) is 14.5. The molecule has 0 aromatic heterocycles. The van der Waals surface area contributed by atoms with Crippen molar-refractivity contribution in [3.05, 3.63) is 53.8 Å². The molecule has 1 aliphatic heterocycles. The summed E-state index contributed by atoms with van der Waals surface area (Å²) in [6.07, 6.45) is 0. The Morgan fingerprint density at radius 1 is 1.22 bits per heavy atom. The van der Waals surface area contributed by atoms with Gasteiger partial charge in [0.15, 0.2) is 0 Å². The quantitative estimate of drug-likeness (QED) is 0.937. The number of hydrogen-bond donors (Lipinski definition) is 1. The maximum atomic E-state index is 13.7. The summed E-state index contributed by atoms with van der Waals surface area (Å²) >= 11 is 0. The standard InChI is InChI=1S/C17H16FNO3S/c1-10-13-9-22-15-8-11(6-7-12(15)17(10)13)19-23(20,21)16-5-3-2-4-14(16)18/h2-8,10,13,17,19H,9H2,1H3. The Bertz CT molecular complexity index is 881. The van der Waals surface area contributed by atoms with Crippen LogP contribution >= 0.6 is 0 Å². The van der Waals surface area contributed by atoms with Crippen LogP contribution < -0.4 is 9.46 Å². The number of nitrogens with one attached hydrogen (secondary N) is 1. The summed E-state index contributed by atoms with van der Waals surface area (Å²) in [5.41, 5.74) is 1.50. The smallest absolute Gasteiger partial charge is 0.264 e. The Labute approximate surface area is 134 Å². The van der Waals surface area contributed by atoms with Gasteiger partial charge in [0.1, 0.15) is 16.5 Å². The Morgan fingerprint density at radius 2 is 2.00 bits per heavy atom. The second-order valence-electron chi connectivity index (χ2n) is 6.15. The lowest BCUT2D eigenvalue weighted by molar-refractivity contribution is 0.276. The highest BCUT2D eigenvalue weighted by Gasteiger charge is 2.51. The molecule has 0 spiro atoms. The molecule has 3 atom stereocenters. The third-order valence-corrected chi connectivity index (χ3v) is 6.16. The predicted octanol–water partition coefficient (Wildman–Crippen LogP) is 3.37. The van der Waals surface area contributed by atoms with Crippen LogP contribution in [0.15, 0.2) is 47.4 Å². The van der Waals surface area contributed by atoms with Crippen molar-refractivity contribution in [3.63, 3.8) is 0 Å². The van der Waals surface area contributed by atoms with E-state index in [0.29, 0.717) is 35.8 Å². The first-order valence-corrected chi connectivity index (χ1v) is 9.00. The summed E-state index contributed by atoms with van der Waals surface area (Å²) in [5, 5.41) is 0. The molecule has 0 radical (unpaired) electrons. The Balaban J connectivity index is 1.64. The zero-order chi connectivity index (χ0) is 16.2. The summed E-state index contributed by atoms with van der Waals surface area (Å²) in [4.78, 5) is -0.366. The van der Waals surface area contributed by atoms with Gasteiger partial charge in [-0.2, -0.15) is 0 Å². The highest BCUT2D eigenvalue weighted by atomic mass is 32.2. The maximum absolute atomic E-state index is 13.7. The maximum Gasteiger partial charge on any atom is 0.264 e. The van der Waals surface area contributed by atoms with E-state index < -0.39 is 15.8 Å². The van der Waals surface area contributed by atoms with Crippen LogP contribution in [-0.2, 0) is 10.0 Å². The molecule has 4 rings (SSSR count). The number of hydrogen-bond acceptors (Lipinski definition) is 3. The molecule has 0 saturated heterocycles. The summed E-state index contributed by atoms with van der Waals surface area (Å²) in [6, 6.07) is 10.6. The van der Waals surface area contributed by atoms with Crippen LogP contribution in [0.5, 0.6) is 5.75 Å². The van der Waals surface area contributed by atoms with Gasteiger partial charge in [-0.25, -0.2) is 12.8 Å². The molecule has 0 bridgehead atoms. The van der Waals surface area contributed by atoms with E-state index in [4.69, 9.17) is 4.74 Å². The number of halogens is 1. The van der Waals surface area contributed by atoms with Crippen molar-refractivity contribution in [2.75, 3.05) is 11.3 Å². The van der Waals surface area contributed by atoms with Crippen molar-refractivity contribution in [2.45, 2.75) is 17.7 Å². The van der Waals surface area contributed by atoms with Crippen molar-refractivity contribution in [3.8, 4) is 5.75 Å². The SMILES string of the molecule is CC1C2COc3cc(NS(=O)(=O)c4ccccc4F)ccc3C12. The molecule has 4 nitrogen and oxygen atoms in total. The van der Waals surface area contributed by atoms with E-state index in [-0.39, 0.29) is 4.90 Å². The fraction of sp³-hybridized carbons (Fsp3) is 0.294. The second kappa shape index (κ2) is 4.96. The molecule has 1 fully saturated rings. The van der Waals surface area contributed by atoms with Crippen molar-refractivity contribution in [1.29, 1.82) is 0 Å². The number of fused-ring (bicyclic) bond motifs is 3. The van der Waals surface area contributed by atoms with Crippen LogP contribution in [0, 0.1) is 17.7 Å². The molecule has 120 valence electrons. The fourth-order valence-electron chi connectivity index (χ4n) is 3.37. The van der Waals surface area contributed by atoms with Gasteiger partial charge >= 0.3 is 0 Å². The second-order valence-corrected chi connectivity index (χ2v) is 7.80. The first-order chi connectivity index (χ1) is 11.0. The third-order valence-electron chi connectivity index (χ3n) is 4.74. The van der Waals surface area contributed by atoms with Crippen LogP contribution in [-0.4, -0.2) is 15.0 Å². The third kappa shape index (κ3) is 2.37. The van der Waals surface area contributed by atoms with E-state index in [1.807, 2.05) is 6.07 Å². The molecule has 1 heterocycles. The van der Waals surface area contributed by atoms with Gasteiger partial charge in [0.25, 0.3) is 10.0 Å². The zero-order valence-corrected chi connectivity index (χ0v) is 13.3. The average molecular weight is 333 g/mol. The summed E-state index contributed by atoms with van der Waals surface area (Å²) in [7, 11) is -3.96. The van der Waals surface area contributed by atoms with E-state index in [9.17, 15) is 12.8 Å². The van der Waals surface area contributed by atoms with Crippen molar-refractivity contribution in [1.82, 2.24) is 0 Å². The lowest BCUT2D eigenvalue weighted by Crippen LogP contribution is -2.15. The van der Waals surface area contributed by atoms with Gasteiger partial charge in [-0.05, 0) is 35.6 Å². The lowest BCUT2D eigenvalue weighted by Gasteiger charge is -2.18.